The molecule has 0 aliphatic rings. The second kappa shape index (κ2) is 4.34. The summed E-state index contributed by atoms with van der Waals surface area (Å²) in [6.07, 6.45) is 6.83. The monoisotopic (exact) mass is 214 g/mol. The SMILES string of the molecule is C#CC(C)(c1ccccc1CC)C(C)(C)C. The van der Waals surface area contributed by atoms with Gasteiger partial charge < -0.3 is 0 Å². The zero-order valence-electron chi connectivity index (χ0n) is 11.1. The lowest BCUT2D eigenvalue weighted by Crippen LogP contribution is -2.36. The van der Waals surface area contributed by atoms with E-state index in [9.17, 15) is 0 Å². The molecule has 0 amide bonds. The first-order valence-corrected chi connectivity index (χ1v) is 5.93. The van der Waals surface area contributed by atoms with Crippen molar-refractivity contribution in [2.24, 2.45) is 5.41 Å². The first kappa shape index (κ1) is 12.8. The Labute approximate surface area is 100 Å². The minimum Gasteiger partial charge on any atom is -0.119 e. The second-order valence-corrected chi connectivity index (χ2v) is 5.53. The van der Waals surface area contributed by atoms with Crippen molar-refractivity contribution < 1.29 is 0 Å². The highest BCUT2D eigenvalue weighted by atomic mass is 14.4. The average molecular weight is 214 g/mol. The number of terminal acetylenes is 1. The Hall–Kier alpha value is -1.22. The molecule has 0 aliphatic heterocycles. The van der Waals surface area contributed by atoms with E-state index >= 15 is 0 Å². The van der Waals surface area contributed by atoms with Gasteiger partial charge in [0.15, 0.2) is 0 Å². The third kappa shape index (κ3) is 2.00. The summed E-state index contributed by atoms with van der Waals surface area (Å²) in [7, 11) is 0. The molecule has 0 aromatic heterocycles. The molecule has 0 N–H and O–H groups in total. The van der Waals surface area contributed by atoms with Crippen LogP contribution in [0.1, 0.15) is 45.7 Å². The predicted octanol–water partition coefficient (Wildman–Crippen LogP) is 4.19. The molecule has 16 heavy (non-hydrogen) atoms. The van der Waals surface area contributed by atoms with Crippen molar-refractivity contribution in [3.63, 3.8) is 0 Å². The third-order valence-corrected chi connectivity index (χ3v) is 3.73. The molecule has 1 aromatic carbocycles. The molecule has 0 bridgehead atoms. The van der Waals surface area contributed by atoms with Gasteiger partial charge in [0, 0.05) is 0 Å². The number of rotatable bonds is 2. The van der Waals surface area contributed by atoms with Gasteiger partial charge in [-0.15, -0.1) is 6.42 Å². The summed E-state index contributed by atoms with van der Waals surface area (Å²) in [4.78, 5) is 0. The van der Waals surface area contributed by atoms with E-state index in [0.29, 0.717) is 0 Å². The molecule has 1 atom stereocenters. The van der Waals surface area contributed by atoms with Gasteiger partial charge in [0.1, 0.15) is 0 Å². The molecular formula is C16H22. The molecule has 1 aromatic rings. The number of benzene rings is 1. The maximum Gasteiger partial charge on any atom is 0.0582 e. The molecule has 0 radical (unpaired) electrons. The molecule has 1 rings (SSSR count). The Morgan fingerprint density at radius 2 is 1.69 bits per heavy atom. The van der Waals surface area contributed by atoms with E-state index in [1.54, 1.807) is 0 Å². The smallest absolute Gasteiger partial charge is 0.0582 e. The Kier molecular flexibility index (Phi) is 3.48. The van der Waals surface area contributed by atoms with E-state index in [1.807, 2.05) is 0 Å². The van der Waals surface area contributed by atoms with Crippen molar-refractivity contribution in [2.45, 2.75) is 46.5 Å². The highest BCUT2D eigenvalue weighted by Crippen LogP contribution is 2.42. The number of hydrogen-bond donors (Lipinski definition) is 0. The molecule has 0 nitrogen and oxygen atoms in total. The molecule has 0 spiro atoms. The van der Waals surface area contributed by atoms with Gasteiger partial charge in [-0.05, 0) is 29.9 Å². The lowest BCUT2D eigenvalue weighted by Gasteiger charge is -2.39. The van der Waals surface area contributed by atoms with Gasteiger partial charge in [0.2, 0.25) is 0 Å². The standard InChI is InChI=1S/C16H22/c1-7-13-11-9-10-12-14(13)16(6,8-2)15(3,4)5/h2,9-12H,7H2,1,3-6H3. The van der Waals surface area contributed by atoms with Crippen LogP contribution in [0.3, 0.4) is 0 Å². The second-order valence-electron chi connectivity index (χ2n) is 5.53. The van der Waals surface area contributed by atoms with Gasteiger partial charge in [0.25, 0.3) is 0 Å². The Morgan fingerprint density at radius 3 is 2.12 bits per heavy atom. The van der Waals surface area contributed by atoms with E-state index in [1.165, 1.54) is 11.1 Å². The van der Waals surface area contributed by atoms with Crippen LogP contribution in [-0.2, 0) is 11.8 Å². The zero-order chi connectivity index (χ0) is 12.4. The first-order valence-electron chi connectivity index (χ1n) is 5.93. The van der Waals surface area contributed by atoms with E-state index < -0.39 is 0 Å². The summed E-state index contributed by atoms with van der Waals surface area (Å²) in [5.74, 6) is 3.01. The predicted molar refractivity (Wildman–Crippen MR) is 71.5 cm³/mol. The van der Waals surface area contributed by atoms with Crippen molar-refractivity contribution in [3.05, 3.63) is 35.4 Å². The first-order chi connectivity index (χ1) is 7.36. The number of hydrogen-bond acceptors (Lipinski definition) is 0. The average Bonchev–Trinajstić information content (AvgIpc) is 2.26. The third-order valence-electron chi connectivity index (χ3n) is 3.73. The molecular weight excluding hydrogens is 192 g/mol. The van der Waals surface area contributed by atoms with Crippen LogP contribution in [0.2, 0.25) is 0 Å². The van der Waals surface area contributed by atoms with Crippen LogP contribution in [0.25, 0.3) is 0 Å². The van der Waals surface area contributed by atoms with Crippen LogP contribution in [-0.4, -0.2) is 0 Å². The summed E-state index contributed by atoms with van der Waals surface area (Å²) in [5.41, 5.74) is 2.51. The summed E-state index contributed by atoms with van der Waals surface area (Å²) < 4.78 is 0. The Bertz CT molecular complexity index is 401. The van der Waals surface area contributed by atoms with E-state index in [4.69, 9.17) is 6.42 Å². The molecule has 0 heteroatoms. The Morgan fingerprint density at radius 1 is 1.12 bits per heavy atom. The lowest BCUT2D eigenvalue weighted by molar-refractivity contribution is 0.268. The van der Waals surface area contributed by atoms with Crippen molar-refractivity contribution >= 4 is 0 Å². The van der Waals surface area contributed by atoms with Crippen molar-refractivity contribution in [3.8, 4) is 12.3 Å². The van der Waals surface area contributed by atoms with Crippen LogP contribution in [0, 0.1) is 17.8 Å². The fraction of sp³-hybridized carbons (Fsp3) is 0.500. The van der Waals surface area contributed by atoms with Crippen molar-refractivity contribution in [1.29, 1.82) is 0 Å². The maximum absolute atomic E-state index is 5.80. The van der Waals surface area contributed by atoms with E-state index in [-0.39, 0.29) is 10.8 Å². The zero-order valence-corrected chi connectivity index (χ0v) is 11.1. The minimum absolute atomic E-state index is 0.0625. The maximum atomic E-state index is 5.80. The number of aryl methyl sites for hydroxylation is 1. The molecule has 86 valence electrons. The summed E-state index contributed by atoms with van der Waals surface area (Å²) >= 11 is 0. The highest BCUT2D eigenvalue weighted by Gasteiger charge is 2.38. The van der Waals surface area contributed by atoms with Gasteiger partial charge in [-0.2, -0.15) is 0 Å². The van der Waals surface area contributed by atoms with Crippen LogP contribution < -0.4 is 0 Å². The van der Waals surface area contributed by atoms with Gasteiger partial charge >= 0.3 is 0 Å². The van der Waals surface area contributed by atoms with Gasteiger partial charge in [-0.1, -0.05) is 57.9 Å². The largest absolute Gasteiger partial charge is 0.119 e. The lowest BCUT2D eigenvalue weighted by atomic mass is 9.63. The summed E-state index contributed by atoms with van der Waals surface area (Å²) in [6.45, 7) is 11.0. The van der Waals surface area contributed by atoms with E-state index in [2.05, 4.69) is 64.8 Å². The van der Waals surface area contributed by atoms with Crippen LogP contribution in [0.15, 0.2) is 24.3 Å². The fourth-order valence-corrected chi connectivity index (χ4v) is 2.01. The Balaban J connectivity index is 3.41. The summed E-state index contributed by atoms with van der Waals surface area (Å²) in [6, 6.07) is 8.51. The van der Waals surface area contributed by atoms with Crippen molar-refractivity contribution in [2.75, 3.05) is 0 Å². The quantitative estimate of drug-likeness (QED) is 0.648. The van der Waals surface area contributed by atoms with Gasteiger partial charge in [-0.25, -0.2) is 0 Å². The molecule has 0 aliphatic carbocycles. The molecule has 0 fully saturated rings. The molecule has 1 unspecified atom stereocenters. The normalized spacial score (nSPS) is 15.2. The summed E-state index contributed by atoms with van der Waals surface area (Å²) in [5, 5.41) is 0. The van der Waals surface area contributed by atoms with Crippen LogP contribution in [0.4, 0.5) is 0 Å². The topological polar surface area (TPSA) is 0 Å². The molecule has 0 heterocycles. The van der Waals surface area contributed by atoms with Crippen LogP contribution >= 0.6 is 0 Å². The molecule has 0 saturated carbocycles. The molecule has 0 saturated heterocycles. The van der Waals surface area contributed by atoms with Gasteiger partial charge in [-0.3, -0.25) is 0 Å². The van der Waals surface area contributed by atoms with E-state index in [0.717, 1.165) is 6.42 Å². The van der Waals surface area contributed by atoms with Gasteiger partial charge in [0.05, 0.1) is 5.41 Å². The fourth-order valence-electron chi connectivity index (χ4n) is 2.01. The van der Waals surface area contributed by atoms with Crippen LogP contribution in [0.5, 0.6) is 0 Å². The minimum atomic E-state index is -0.209. The van der Waals surface area contributed by atoms with Crippen molar-refractivity contribution in [1.82, 2.24) is 0 Å². The highest BCUT2D eigenvalue weighted by molar-refractivity contribution is 5.41.